The second kappa shape index (κ2) is 14.0. The van der Waals surface area contributed by atoms with Gasteiger partial charge in [-0.05, 0) is 53.8 Å². The van der Waals surface area contributed by atoms with E-state index in [0.717, 1.165) is 28.8 Å². The topological polar surface area (TPSA) is 43.6 Å². The number of benzene rings is 6. The highest BCUT2D eigenvalue weighted by atomic mass is 32.2. The van der Waals surface area contributed by atoms with E-state index in [1.165, 1.54) is 53.9 Å². The number of halogens is 1. The van der Waals surface area contributed by atoms with Gasteiger partial charge in [-0.2, -0.15) is 0 Å². The van der Waals surface area contributed by atoms with Crippen molar-refractivity contribution in [3.63, 3.8) is 0 Å². The van der Waals surface area contributed by atoms with Crippen LogP contribution in [0.15, 0.2) is 180 Å². The number of nitrogens with zero attached hydrogens (tertiary/aromatic N) is 4. The summed E-state index contributed by atoms with van der Waals surface area (Å²) in [6.07, 6.45) is 11.4. The molecule has 0 spiro atoms. The molecule has 254 valence electrons. The summed E-state index contributed by atoms with van der Waals surface area (Å²) in [4.78, 5) is 17.5. The number of rotatable bonds is 4. The highest BCUT2D eigenvalue weighted by Gasteiger charge is 2.28. The molecule has 0 bridgehead atoms. The van der Waals surface area contributed by atoms with Crippen LogP contribution in [0.1, 0.15) is 12.2 Å². The molecule has 0 fully saturated rings. The van der Waals surface area contributed by atoms with E-state index in [2.05, 4.69) is 144 Å². The third kappa shape index (κ3) is 5.78. The highest BCUT2D eigenvalue weighted by molar-refractivity contribution is 7.99. The zero-order valence-corrected chi connectivity index (χ0v) is 29.8. The molecule has 0 unspecified atom stereocenters. The molecule has 6 heteroatoms. The quantitative estimate of drug-likeness (QED) is 0.183. The maximum atomic E-state index is 9.50. The summed E-state index contributed by atoms with van der Waals surface area (Å²) in [5, 5.41) is 3.68. The largest absolute Gasteiger partial charge is 0.308 e. The molecule has 0 atom stereocenters. The molecule has 3 heterocycles. The predicted molar refractivity (Wildman–Crippen MR) is 218 cm³/mol. The summed E-state index contributed by atoms with van der Waals surface area (Å²) >= 11 is 1.84. The first-order chi connectivity index (χ1) is 26.3. The fourth-order valence-electron chi connectivity index (χ4n) is 7.31. The molecule has 2 aromatic heterocycles. The van der Waals surface area contributed by atoms with Crippen LogP contribution in [0.5, 0.6) is 0 Å². The predicted octanol–water partition coefficient (Wildman–Crippen LogP) is 12.6. The number of hydrogen-bond donors (Lipinski definition) is 0. The van der Waals surface area contributed by atoms with Crippen LogP contribution < -0.4 is 0 Å². The summed E-state index contributed by atoms with van der Waals surface area (Å²) in [7, 11) is 0.500. The fraction of sp³-hybridized carbons (Fsp3) is 0.0426. The third-order valence-electron chi connectivity index (χ3n) is 9.66. The van der Waals surface area contributed by atoms with Crippen LogP contribution in [0.25, 0.3) is 78.1 Å². The van der Waals surface area contributed by atoms with Crippen molar-refractivity contribution in [2.75, 3.05) is 7.18 Å². The van der Waals surface area contributed by atoms with Gasteiger partial charge in [0.2, 0.25) is 0 Å². The van der Waals surface area contributed by atoms with E-state index in [9.17, 15) is 4.39 Å². The monoisotopic (exact) mass is 704 g/mol. The van der Waals surface area contributed by atoms with Crippen molar-refractivity contribution in [1.82, 2.24) is 19.5 Å². The van der Waals surface area contributed by atoms with Gasteiger partial charge in [0.05, 0.1) is 18.4 Å². The van der Waals surface area contributed by atoms with Gasteiger partial charge in [0.1, 0.15) is 0 Å². The van der Waals surface area contributed by atoms with E-state index >= 15 is 0 Å². The van der Waals surface area contributed by atoms with E-state index in [4.69, 9.17) is 15.0 Å². The average molecular weight is 705 g/mol. The lowest BCUT2D eigenvalue weighted by Gasteiger charge is -2.15. The van der Waals surface area contributed by atoms with E-state index in [0.29, 0.717) is 24.7 Å². The van der Waals surface area contributed by atoms with Crippen LogP contribution in [-0.2, 0) is 0 Å². The van der Waals surface area contributed by atoms with Gasteiger partial charge in [-0.1, -0.05) is 145 Å². The minimum absolute atomic E-state index is 0.500. The van der Waals surface area contributed by atoms with Crippen LogP contribution in [-0.4, -0.2) is 26.7 Å². The Bertz CT molecular complexity index is 2740. The summed E-state index contributed by atoms with van der Waals surface area (Å²) in [5.74, 6) is 1.96. The van der Waals surface area contributed by atoms with Crippen LogP contribution >= 0.6 is 11.8 Å². The summed E-state index contributed by atoms with van der Waals surface area (Å²) in [6, 6.07) is 49.7. The van der Waals surface area contributed by atoms with Crippen molar-refractivity contribution in [2.24, 2.45) is 0 Å². The minimum atomic E-state index is 0.500. The number of allylic oxidation sites excluding steroid dienone is 6. The first-order valence-corrected chi connectivity index (χ1v) is 18.4. The van der Waals surface area contributed by atoms with Gasteiger partial charge in [-0.25, -0.2) is 15.0 Å². The van der Waals surface area contributed by atoms with Gasteiger partial charge in [-0.3, -0.25) is 4.39 Å². The smallest absolute Gasteiger partial charge is 0.164 e. The lowest BCUT2D eigenvalue weighted by atomic mass is 9.97. The lowest BCUT2D eigenvalue weighted by molar-refractivity contribution is 0.636. The molecular formula is C47H33FN4S. The van der Waals surface area contributed by atoms with Crippen molar-refractivity contribution in [3.8, 4) is 50.8 Å². The molecule has 0 amide bonds. The molecule has 1 aliphatic carbocycles. The van der Waals surface area contributed by atoms with Gasteiger partial charge < -0.3 is 4.57 Å². The van der Waals surface area contributed by atoms with E-state index in [-0.39, 0.29) is 0 Å². The lowest BCUT2D eigenvalue weighted by Crippen LogP contribution is -2.03. The van der Waals surface area contributed by atoms with Gasteiger partial charge in [0.25, 0.3) is 0 Å². The van der Waals surface area contributed by atoms with Crippen molar-refractivity contribution in [3.05, 3.63) is 176 Å². The van der Waals surface area contributed by atoms with Crippen molar-refractivity contribution in [2.45, 2.75) is 16.2 Å². The van der Waals surface area contributed by atoms with Crippen LogP contribution in [0.4, 0.5) is 4.39 Å². The Morgan fingerprint density at radius 2 is 1.21 bits per heavy atom. The minimum Gasteiger partial charge on any atom is -0.308 e. The van der Waals surface area contributed by atoms with Crippen molar-refractivity contribution >= 4 is 39.0 Å². The molecule has 6 aromatic carbocycles. The number of hydrogen-bond acceptors (Lipinski definition) is 4. The molecule has 8 aromatic rings. The zero-order valence-electron chi connectivity index (χ0n) is 28.9. The SMILES string of the molecule is C1=CCC=CC(c2nc(-c3ccccc3)nc(-c3ccc(-n4c5c(c6ccc7ccccc7c64)-c4ccccc4Sc4ccccc4-5)cc3)n2)=C1.CF. The van der Waals surface area contributed by atoms with Gasteiger partial charge in [0, 0.05) is 54.1 Å². The summed E-state index contributed by atoms with van der Waals surface area (Å²) in [5.41, 5.74) is 10.1. The Morgan fingerprint density at radius 1 is 0.566 bits per heavy atom. The van der Waals surface area contributed by atoms with Crippen LogP contribution in [0.2, 0.25) is 0 Å². The molecule has 2 aliphatic rings. The summed E-state index contributed by atoms with van der Waals surface area (Å²) in [6.45, 7) is 0. The van der Waals surface area contributed by atoms with Gasteiger partial charge >= 0.3 is 0 Å². The molecule has 0 saturated heterocycles. The Labute approximate surface area is 311 Å². The molecule has 4 nitrogen and oxygen atoms in total. The molecule has 10 rings (SSSR count). The van der Waals surface area contributed by atoms with Gasteiger partial charge in [-0.15, -0.1) is 0 Å². The standard InChI is InChI=1S/C46H30N4S.CH3F/c1-2-5-16-31(15-4-1)44-47-45(32-17-6-3-7-18-32)49-46(48-44)33-24-27-34(28-25-33)50-42-35-19-9-8-14-30(35)26-29-38(42)41-36-20-10-12-22-39(36)51-40-23-13-11-21-37(40)43(41)50;1-2/h1,3-29H,2H2;1H3. The van der Waals surface area contributed by atoms with Crippen LogP contribution in [0.3, 0.4) is 0 Å². The highest BCUT2D eigenvalue weighted by Crippen LogP contribution is 2.53. The molecule has 0 saturated carbocycles. The second-order valence-corrected chi connectivity index (χ2v) is 13.8. The Balaban J connectivity index is 0.00000183. The Kier molecular flexibility index (Phi) is 8.58. The number of alkyl halides is 1. The summed E-state index contributed by atoms with van der Waals surface area (Å²) < 4.78 is 12.0. The molecule has 0 N–H and O–H groups in total. The first-order valence-electron chi connectivity index (χ1n) is 17.6. The molecular weight excluding hydrogens is 672 g/mol. The maximum Gasteiger partial charge on any atom is 0.164 e. The van der Waals surface area contributed by atoms with E-state index in [1.807, 2.05) is 42.1 Å². The Hall–Kier alpha value is -6.37. The fourth-order valence-corrected chi connectivity index (χ4v) is 8.39. The third-order valence-corrected chi connectivity index (χ3v) is 10.8. The average Bonchev–Trinajstić information content (AvgIpc) is 3.34. The van der Waals surface area contributed by atoms with Crippen molar-refractivity contribution in [1.29, 1.82) is 0 Å². The molecule has 0 radical (unpaired) electrons. The maximum absolute atomic E-state index is 9.50. The first kappa shape index (κ1) is 32.5. The zero-order chi connectivity index (χ0) is 35.7. The number of aromatic nitrogens is 4. The van der Waals surface area contributed by atoms with E-state index in [1.54, 1.807) is 0 Å². The molecule has 53 heavy (non-hydrogen) atoms. The van der Waals surface area contributed by atoms with Gasteiger partial charge in [0.15, 0.2) is 17.5 Å². The van der Waals surface area contributed by atoms with E-state index < -0.39 is 0 Å². The Morgan fingerprint density at radius 3 is 2.00 bits per heavy atom. The second-order valence-electron chi connectivity index (χ2n) is 12.7. The van der Waals surface area contributed by atoms with Crippen LogP contribution in [0, 0.1) is 0 Å². The molecule has 1 aliphatic heterocycles. The normalized spacial score (nSPS) is 12.9. The van der Waals surface area contributed by atoms with Crippen molar-refractivity contribution < 1.29 is 4.39 Å². The number of fused-ring (bicyclic) bond motifs is 9.